The monoisotopic (exact) mass is 973 g/mol. The minimum absolute atomic E-state index is 0.0288. The largest absolute Gasteiger partial charge is 0.463 e. The van der Waals surface area contributed by atoms with Crippen LogP contribution in [0.3, 0.4) is 0 Å². The molecule has 26 nitrogen and oxygen atoms in total. The highest BCUT2D eigenvalue weighted by Gasteiger charge is 2.34. The fraction of sp³-hybridized carbons (Fsp3) is 0.700. The number of aliphatic imine (C=N–C) groups is 2. The van der Waals surface area contributed by atoms with Crippen molar-refractivity contribution in [2.45, 2.75) is 154 Å². The van der Waals surface area contributed by atoms with E-state index in [1.54, 1.807) is 34.0 Å². The Hall–Kier alpha value is -6.41. The van der Waals surface area contributed by atoms with Crippen molar-refractivity contribution in [2.24, 2.45) is 44.4 Å². The molecule has 27 heteroatoms. The number of carbonyl (C=O) groups excluding carboxylic acids is 10. The van der Waals surface area contributed by atoms with Gasteiger partial charge in [-0.05, 0) is 91.1 Å². The van der Waals surface area contributed by atoms with Crippen LogP contribution in [0.4, 0.5) is 0 Å². The van der Waals surface area contributed by atoms with Crippen molar-refractivity contribution >= 4 is 82.9 Å². The van der Waals surface area contributed by atoms with Crippen molar-refractivity contribution in [1.29, 1.82) is 0 Å². The Morgan fingerprint density at radius 2 is 0.806 bits per heavy atom. The zero-order chi connectivity index (χ0) is 51.2. The summed E-state index contributed by atoms with van der Waals surface area (Å²) in [4.78, 5) is 138. The lowest BCUT2D eigenvalue weighted by molar-refractivity contribution is -0.149. The fourth-order valence-corrected chi connectivity index (χ4v) is 6.41. The number of guanidine groups is 2. The molecule has 0 heterocycles. The average molecular weight is 973 g/mol. The minimum Gasteiger partial charge on any atom is -0.463 e. The number of carbonyl (C=O) groups is 10. The number of hydrogen-bond donors (Lipinski definition) is 12. The molecule has 0 aliphatic rings. The maximum Gasteiger partial charge on any atom is 0.306 e. The van der Waals surface area contributed by atoms with Crippen LogP contribution < -0.4 is 66.3 Å². The van der Waals surface area contributed by atoms with Crippen LogP contribution in [0.2, 0.25) is 0 Å². The summed E-state index contributed by atoms with van der Waals surface area (Å²) >= 11 is 1.31. The SMILES string of the molecule is CSCC[C@H](NC(=O)[C@H](CCC(=O)OC(C)C)NC(=O)[C@H](CCC(=O)OC(C)C)NC(C)=O)C(=O)N[C@@H](CCC(N)=O)C(=O)N[C@@H](CCCN=C(N)N)C(=O)N[C@@H](CCCN=C(N)N)C(N)=O. The lowest BCUT2D eigenvalue weighted by Crippen LogP contribution is -2.59. The van der Waals surface area contributed by atoms with Gasteiger partial charge in [0.1, 0.15) is 36.3 Å². The first kappa shape index (κ1) is 60.6. The van der Waals surface area contributed by atoms with Crippen molar-refractivity contribution in [3.8, 4) is 0 Å². The molecular formula is C40H72N14O12S. The quantitative estimate of drug-likeness (QED) is 0.0126. The number of thioether (sulfide) groups is 1. The molecule has 0 unspecified atom stereocenters. The molecule has 0 bridgehead atoms. The first-order valence-electron chi connectivity index (χ1n) is 21.7. The molecule has 0 fully saturated rings. The molecule has 0 aromatic carbocycles. The Labute approximate surface area is 394 Å². The van der Waals surface area contributed by atoms with E-state index in [2.05, 4.69) is 41.9 Å². The van der Waals surface area contributed by atoms with E-state index < -0.39 is 114 Å². The van der Waals surface area contributed by atoms with Gasteiger partial charge in [-0.15, -0.1) is 0 Å². The number of esters is 2. The smallest absolute Gasteiger partial charge is 0.306 e. The highest BCUT2D eigenvalue weighted by Crippen LogP contribution is 2.11. The Kier molecular flexibility index (Phi) is 30.0. The summed E-state index contributed by atoms with van der Waals surface area (Å²) in [6.45, 7) is 7.81. The van der Waals surface area contributed by atoms with Crippen LogP contribution in [0.1, 0.15) is 105 Å². The van der Waals surface area contributed by atoms with Crippen LogP contribution in [-0.4, -0.2) is 145 Å². The van der Waals surface area contributed by atoms with E-state index in [0.717, 1.165) is 6.92 Å². The number of ether oxygens (including phenoxy) is 2. The van der Waals surface area contributed by atoms with E-state index in [0.29, 0.717) is 0 Å². The zero-order valence-electron chi connectivity index (χ0n) is 39.2. The van der Waals surface area contributed by atoms with Gasteiger partial charge >= 0.3 is 11.9 Å². The van der Waals surface area contributed by atoms with Gasteiger partial charge < -0.3 is 75.8 Å². The fourth-order valence-electron chi connectivity index (χ4n) is 5.93. The topological polar surface area (TPSA) is 442 Å². The maximum absolute atomic E-state index is 14.0. The number of primary amides is 2. The zero-order valence-corrected chi connectivity index (χ0v) is 40.0. The summed E-state index contributed by atoms with van der Waals surface area (Å²) in [5, 5.41) is 15.1. The molecule has 0 aromatic heterocycles. The first-order valence-corrected chi connectivity index (χ1v) is 23.1. The summed E-state index contributed by atoms with van der Waals surface area (Å²) in [6.07, 6.45) is -0.847. The van der Waals surface area contributed by atoms with Crippen molar-refractivity contribution in [3.05, 3.63) is 0 Å². The Morgan fingerprint density at radius 1 is 0.478 bits per heavy atom. The van der Waals surface area contributed by atoms with Gasteiger partial charge in [-0.25, -0.2) is 0 Å². The number of hydrogen-bond acceptors (Lipinski definition) is 15. The average Bonchev–Trinajstić information content (AvgIpc) is 3.21. The van der Waals surface area contributed by atoms with Crippen LogP contribution in [0.5, 0.6) is 0 Å². The molecule has 0 spiro atoms. The normalized spacial score (nSPS) is 13.5. The molecule has 380 valence electrons. The van der Waals surface area contributed by atoms with Gasteiger partial charge in [-0.3, -0.25) is 57.9 Å². The second-order valence-corrected chi connectivity index (χ2v) is 16.8. The van der Waals surface area contributed by atoms with Crippen LogP contribution >= 0.6 is 11.8 Å². The van der Waals surface area contributed by atoms with Crippen LogP contribution in [0.25, 0.3) is 0 Å². The molecule has 0 aliphatic heterocycles. The van der Waals surface area contributed by atoms with E-state index in [1.807, 2.05) is 0 Å². The van der Waals surface area contributed by atoms with E-state index >= 15 is 0 Å². The highest BCUT2D eigenvalue weighted by atomic mass is 32.2. The van der Waals surface area contributed by atoms with Crippen molar-refractivity contribution in [2.75, 3.05) is 25.1 Å². The summed E-state index contributed by atoms with van der Waals surface area (Å²) in [7, 11) is 0. The lowest BCUT2D eigenvalue weighted by atomic mass is 10.0. The molecular weight excluding hydrogens is 901 g/mol. The molecule has 0 aromatic rings. The minimum atomic E-state index is -1.53. The highest BCUT2D eigenvalue weighted by molar-refractivity contribution is 7.98. The van der Waals surface area contributed by atoms with Gasteiger partial charge in [0.05, 0.1) is 12.2 Å². The predicted molar refractivity (Wildman–Crippen MR) is 249 cm³/mol. The lowest BCUT2D eigenvalue weighted by Gasteiger charge is -2.27. The van der Waals surface area contributed by atoms with Gasteiger partial charge in [0.25, 0.3) is 0 Å². The van der Waals surface area contributed by atoms with Gasteiger partial charge in [0.15, 0.2) is 11.9 Å². The maximum atomic E-state index is 14.0. The standard InChI is InChI=1S/C40H72N14O12S/c1-21(2)65-31(57)15-12-26(49-23(5)55)35(61)53-28(13-16-32(58)66-22(3)4)37(63)54-29(17-20-67-6)38(64)52-27(11-14-30(41)56)36(62)51-25(10-8-19-48-40(45)46)34(60)50-24(33(42)59)9-7-18-47-39(43)44/h21-22,24-29H,7-20H2,1-6H3,(H2,41,56)(H2,42,59)(H,49,55)(H,50,60)(H,51,62)(H,52,64)(H,53,61)(H,54,63)(H4,43,44,47)(H4,45,46,48)/t24-,25-,26-,27-,28-,29-/m0/s1. The third-order valence-electron chi connectivity index (χ3n) is 9.08. The van der Waals surface area contributed by atoms with Gasteiger partial charge in [-0.1, -0.05) is 0 Å². The Bertz CT molecular complexity index is 1740. The van der Waals surface area contributed by atoms with E-state index in [1.165, 1.54) is 11.8 Å². The van der Waals surface area contributed by atoms with Crippen molar-refractivity contribution in [3.63, 3.8) is 0 Å². The summed E-state index contributed by atoms with van der Waals surface area (Å²) in [6, 6.07) is -8.31. The number of rotatable bonds is 34. The molecule has 67 heavy (non-hydrogen) atoms. The van der Waals surface area contributed by atoms with Crippen molar-refractivity contribution < 1.29 is 57.4 Å². The van der Waals surface area contributed by atoms with Gasteiger partial charge in [0, 0.05) is 39.3 Å². The molecule has 18 N–H and O–H groups in total. The molecule has 0 rings (SSSR count). The first-order chi connectivity index (χ1) is 31.4. The second kappa shape index (κ2) is 33.1. The van der Waals surface area contributed by atoms with E-state index in [-0.39, 0.29) is 95.0 Å². The molecule has 0 radical (unpaired) electrons. The number of amides is 8. The van der Waals surface area contributed by atoms with E-state index in [4.69, 9.17) is 43.9 Å². The number of nitrogens with two attached hydrogens (primary N) is 6. The van der Waals surface area contributed by atoms with Crippen LogP contribution in [-0.2, 0) is 57.4 Å². The van der Waals surface area contributed by atoms with Gasteiger partial charge in [-0.2, -0.15) is 11.8 Å². The summed E-state index contributed by atoms with van der Waals surface area (Å²) in [5.41, 5.74) is 32.5. The molecule has 0 saturated carbocycles. The molecule has 0 aliphatic carbocycles. The summed E-state index contributed by atoms with van der Waals surface area (Å²) in [5.74, 6) is -8.33. The Balaban J connectivity index is 6.71. The molecule has 0 saturated heterocycles. The number of nitrogens with zero attached hydrogens (tertiary/aromatic N) is 2. The third-order valence-corrected chi connectivity index (χ3v) is 9.72. The molecule has 8 amide bonds. The van der Waals surface area contributed by atoms with Crippen LogP contribution in [0, 0.1) is 0 Å². The summed E-state index contributed by atoms with van der Waals surface area (Å²) < 4.78 is 10.3. The second-order valence-electron chi connectivity index (χ2n) is 15.8. The van der Waals surface area contributed by atoms with Crippen molar-refractivity contribution in [1.82, 2.24) is 31.9 Å². The third kappa shape index (κ3) is 29.0. The van der Waals surface area contributed by atoms with Crippen LogP contribution in [0.15, 0.2) is 9.98 Å². The number of nitrogens with one attached hydrogen (secondary N) is 6. The molecule has 6 atom stereocenters. The van der Waals surface area contributed by atoms with E-state index in [9.17, 15) is 47.9 Å². The van der Waals surface area contributed by atoms with Gasteiger partial charge in [0.2, 0.25) is 47.3 Å². The Morgan fingerprint density at radius 3 is 1.13 bits per heavy atom. The predicted octanol–water partition coefficient (Wildman–Crippen LogP) is -4.01.